The molecule has 1 heterocycles. The second kappa shape index (κ2) is 4.58. The molecule has 0 aromatic rings. The van der Waals surface area contributed by atoms with Gasteiger partial charge in [0.05, 0.1) is 5.92 Å². The lowest BCUT2D eigenvalue weighted by Gasteiger charge is -2.31. The monoisotopic (exact) mass is 291 g/mol. The minimum Gasteiger partial charge on any atom is -0.454 e. The molecule has 1 saturated heterocycles. The summed E-state index contributed by atoms with van der Waals surface area (Å²) in [4.78, 5) is 34.4. The summed E-state index contributed by atoms with van der Waals surface area (Å²) in [6.07, 6.45) is 1.35. The number of hydrogen-bond donors (Lipinski definition) is 0. The minimum atomic E-state index is -1.37. The molecule has 110 valence electrons. The van der Waals surface area contributed by atoms with Crippen molar-refractivity contribution in [2.45, 2.75) is 24.5 Å². The number of nitriles is 1. The van der Waals surface area contributed by atoms with Gasteiger partial charge in [0, 0.05) is 17.9 Å². The van der Waals surface area contributed by atoms with Gasteiger partial charge in [-0.25, -0.2) is 9.59 Å². The van der Waals surface area contributed by atoms with E-state index in [2.05, 4.69) is 11.3 Å². The predicted octanol–water partition coefficient (Wildman–Crippen LogP) is 0.103. The molecular formula is C14H13NO6. The second-order valence-corrected chi connectivity index (χ2v) is 5.49. The Bertz CT molecular complexity index is 579. The SMILES string of the molecule is C=CC(=O)OCC(=O)OC1C2CC3C(=O)OC1(C#N)C3C2. The van der Waals surface area contributed by atoms with Crippen LogP contribution in [-0.2, 0) is 28.6 Å². The molecule has 3 aliphatic rings. The maximum absolute atomic E-state index is 11.7. The van der Waals surface area contributed by atoms with Crippen LogP contribution in [0.4, 0.5) is 0 Å². The van der Waals surface area contributed by atoms with Gasteiger partial charge in [0.15, 0.2) is 12.7 Å². The number of hydrogen-bond acceptors (Lipinski definition) is 7. The van der Waals surface area contributed by atoms with Crippen molar-refractivity contribution < 1.29 is 28.6 Å². The first-order valence-electron chi connectivity index (χ1n) is 6.64. The van der Waals surface area contributed by atoms with E-state index in [-0.39, 0.29) is 23.7 Å². The van der Waals surface area contributed by atoms with Crippen molar-refractivity contribution >= 4 is 17.9 Å². The molecule has 2 bridgehead atoms. The summed E-state index contributed by atoms with van der Waals surface area (Å²) in [6.45, 7) is 2.65. The molecule has 0 amide bonds. The van der Waals surface area contributed by atoms with Crippen molar-refractivity contribution in [3.05, 3.63) is 12.7 Å². The van der Waals surface area contributed by atoms with Crippen LogP contribution in [0.1, 0.15) is 12.8 Å². The lowest BCUT2D eigenvalue weighted by molar-refractivity contribution is -0.174. The Balaban J connectivity index is 1.70. The summed E-state index contributed by atoms with van der Waals surface area (Å²) in [6, 6.07) is 2.02. The van der Waals surface area contributed by atoms with Crippen LogP contribution in [0.15, 0.2) is 12.7 Å². The predicted molar refractivity (Wildman–Crippen MR) is 65.2 cm³/mol. The number of fused-ring (bicyclic) bond motifs is 1. The van der Waals surface area contributed by atoms with Crippen LogP contribution in [0.2, 0.25) is 0 Å². The highest BCUT2D eigenvalue weighted by Crippen LogP contribution is 2.61. The first-order valence-corrected chi connectivity index (χ1v) is 6.64. The van der Waals surface area contributed by atoms with Crippen LogP contribution < -0.4 is 0 Å². The zero-order chi connectivity index (χ0) is 15.2. The van der Waals surface area contributed by atoms with Crippen LogP contribution in [0.3, 0.4) is 0 Å². The molecule has 5 unspecified atom stereocenters. The molecule has 2 saturated carbocycles. The number of ether oxygens (including phenoxy) is 3. The summed E-state index contributed by atoms with van der Waals surface area (Å²) < 4.78 is 15.1. The molecule has 3 rings (SSSR count). The van der Waals surface area contributed by atoms with Gasteiger partial charge in [-0.05, 0) is 12.8 Å². The van der Waals surface area contributed by atoms with Crippen LogP contribution in [-0.4, -0.2) is 36.2 Å². The second-order valence-electron chi connectivity index (χ2n) is 5.49. The number of carbonyl (C=O) groups excluding carboxylic acids is 3. The molecule has 7 nitrogen and oxygen atoms in total. The molecule has 0 radical (unpaired) electrons. The van der Waals surface area contributed by atoms with Crippen molar-refractivity contribution in [1.82, 2.24) is 0 Å². The largest absolute Gasteiger partial charge is 0.454 e. The van der Waals surface area contributed by atoms with Gasteiger partial charge >= 0.3 is 17.9 Å². The molecule has 7 heteroatoms. The number of nitrogens with zero attached hydrogens (tertiary/aromatic N) is 1. The van der Waals surface area contributed by atoms with Crippen LogP contribution >= 0.6 is 0 Å². The zero-order valence-corrected chi connectivity index (χ0v) is 11.1. The Morgan fingerprint density at radius 3 is 2.95 bits per heavy atom. The third-order valence-electron chi connectivity index (χ3n) is 4.51. The van der Waals surface area contributed by atoms with Gasteiger partial charge in [-0.1, -0.05) is 6.58 Å². The summed E-state index contributed by atoms with van der Waals surface area (Å²) in [5.74, 6) is -2.43. The summed E-state index contributed by atoms with van der Waals surface area (Å²) in [5, 5.41) is 9.41. The lowest BCUT2D eigenvalue weighted by atomic mass is 9.79. The fourth-order valence-corrected chi connectivity index (χ4v) is 3.71. The minimum absolute atomic E-state index is 0.0647. The molecule has 0 N–H and O–H groups in total. The molecule has 2 aliphatic carbocycles. The van der Waals surface area contributed by atoms with E-state index in [4.69, 9.17) is 9.47 Å². The highest BCUT2D eigenvalue weighted by atomic mass is 16.6. The third kappa shape index (κ3) is 1.82. The lowest BCUT2D eigenvalue weighted by Crippen LogP contribution is -2.48. The molecular weight excluding hydrogens is 278 g/mol. The Morgan fingerprint density at radius 2 is 2.29 bits per heavy atom. The van der Waals surface area contributed by atoms with Crippen molar-refractivity contribution in [3.63, 3.8) is 0 Å². The molecule has 0 spiro atoms. The smallest absolute Gasteiger partial charge is 0.344 e. The highest BCUT2D eigenvalue weighted by molar-refractivity contribution is 5.84. The Morgan fingerprint density at radius 1 is 1.52 bits per heavy atom. The van der Waals surface area contributed by atoms with Gasteiger partial charge in [-0.15, -0.1) is 0 Å². The van der Waals surface area contributed by atoms with Crippen LogP contribution in [0, 0.1) is 29.1 Å². The fourth-order valence-electron chi connectivity index (χ4n) is 3.71. The molecule has 5 atom stereocenters. The van der Waals surface area contributed by atoms with E-state index in [0.29, 0.717) is 12.8 Å². The molecule has 3 fully saturated rings. The van der Waals surface area contributed by atoms with E-state index in [1.54, 1.807) is 0 Å². The Kier molecular flexibility index (Phi) is 2.97. The highest BCUT2D eigenvalue weighted by Gasteiger charge is 2.73. The molecule has 0 aromatic heterocycles. The van der Waals surface area contributed by atoms with Gasteiger partial charge in [-0.2, -0.15) is 5.26 Å². The zero-order valence-electron chi connectivity index (χ0n) is 11.1. The third-order valence-corrected chi connectivity index (χ3v) is 4.51. The normalized spacial score (nSPS) is 38.5. The Hall–Kier alpha value is -2.36. The van der Waals surface area contributed by atoms with Crippen molar-refractivity contribution in [2.24, 2.45) is 17.8 Å². The van der Waals surface area contributed by atoms with Crippen molar-refractivity contribution in [3.8, 4) is 6.07 Å². The number of esters is 3. The van der Waals surface area contributed by atoms with Gasteiger partial charge in [-0.3, -0.25) is 4.79 Å². The number of carbonyl (C=O) groups is 3. The first kappa shape index (κ1) is 13.6. The van der Waals surface area contributed by atoms with E-state index in [1.165, 1.54) is 0 Å². The molecule has 0 aromatic carbocycles. The molecule has 21 heavy (non-hydrogen) atoms. The van der Waals surface area contributed by atoms with Crippen molar-refractivity contribution in [2.75, 3.05) is 6.61 Å². The first-order chi connectivity index (χ1) is 10.0. The van der Waals surface area contributed by atoms with Crippen molar-refractivity contribution in [1.29, 1.82) is 5.26 Å². The van der Waals surface area contributed by atoms with Crippen LogP contribution in [0.5, 0.6) is 0 Å². The Labute approximate surface area is 120 Å². The van der Waals surface area contributed by atoms with Gasteiger partial charge in [0.25, 0.3) is 0 Å². The van der Waals surface area contributed by atoms with Gasteiger partial charge < -0.3 is 14.2 Å². The summed E-state index contributed by atoms with van der Waals surface area (Å²) in [5.41, 5.74) is -1.37. The molecule has 1 aliphatic heterocycles. The van der Waals surface area contributed by atoms with Gasteiger partial charge in [0.1, 0.15) is 6.07 Å². The van der Waals surface area contributed by atoms with E-state index in [9.17, 15) is 19.6 Å². The van der Waals surface area contributed by atoms with E-state index in [1.807, 2.05) is 6.07 Å². The quantitative estimate of drug-likeness (QED) is 0.411. The van der Waals surface area contributed by atoms with Crippen LogP contribution in [0.25, 0.3) is 0 Å². The maximum Gasteiger partial charge on any atom is 0.344 e. The standard InChI is InChI=1S/C14H13NO6/c1-2-10(16)19-5-11(17)20-12-7-3-8-9(4-7)14(12,6-15)21-13(8)18/h2,7-9,12H,1,3-5H2. The average Bonchev–Trinajstić information content (AvgIpc) is 3.07. The number of rotatable bonds is 4. The summed E-state index contributed by atoms with van der Waals surface area (Å²) >= 11 is 0. The topological polar surface area (TPSA) is 103 Å². The average molecular weight is 291 g/mol. The fraction of sp³-hybridized carbons (Fsp3) is 0.571. The van der Waals surface area contributed by atoms with E-state index < -0.39 is 30.3 Å². The van der Waals surface area contributed by atoms with E-state index in [0.717, 1.165) is 6.08 Å². The van der Waals surface area contributed by atoms with Gasteiger partial charge in [0.2, 0.25) is 5.60 Å². The van der Waals surface area contributed by atoms with E-state index >= 15 is 0 Å². The summed E-state index contributed by atoms with van der Waals surface area (Å²) in [7, 11) is 0. The maximum atomic E-state index is 11.7.